The number of rotatable bonds is 2. The van der Waals surface area contributed by atoms with Crippen molar-refractivity contribution in [1.82, 2.24) is 4.90 Å². The first-order chi connectivity index (χ1) is 4.09. The number of carbonyl (C=O) groups is 1. The zero-order chi connectivity index (χ0) is 7.44. The summed E-state index contributed by atoms with van der Waals surface area (Å²) in [5.41, 5.74) is 0. The monoisotopic (exact) mass is 353 g/mol. The molecule has 0 N–H and O–H groups in total. The largest absolute Gasteiger partial charge is 0.348 e. The summed E-state index contributed by atoms with van der Waals surface area (Å²) in [6, 6.07) is 0. The highest BCUT2D eigenvalue weighted by molar-refractivity contribution is 14.1. The molecule has 0 saturated heterocycles. The average Bonchev–Trinajstić information content (AvgIpc) is 1.84. The quantitative estimate of drug-likeness (QED) is 0.542. The van der Waals surface area contributed by atoms with Gasteiger partial charge in [0, 0.05) is 18.5 Å². The Hall–Kier alpha value is 0.930. The summed E-state index contributed by atoms with van der Waals surface area (Å²) >= 11 is 4.36. The topological polar surface area (TPSA) is 20.3 Å². The van der Waals surface area contributed by atoms with E-state index in [0.29, 0.717) is 0 Å². The van der Waals surface area contributed by atoms with Crippen LogP contribution in [0.2, 0.25) is 0 Å². The van der Waals surface area contributed by atoms with Gasteiger partial charge in [-0.15, -0.1) is 0 Å². The summed E-state index contributed by atoms with van der Waals surface area (Å²) in [4.78, 5) is 12.6. The number of hydrogen-bond acceptors (Lipinski definition) is 1. The second-order valence-electron chi connectivity index (χ2n) is 1.85. The third-order valence-corrected chi connectivity index (χ3v) is 4.38. The molecule has 0 rings (SSSR count). The minimum absolute atomic E-state index is 0.137. The predicted octanol–water partition coefficient (Wildman–Crippen LogP) is 1.31. The van der Waals surface area contributed by atoms with E-state index >= 15 is 0 Å². The molecule has 1 atom stereocenters. The maximum atomic E-state index is 11.0. The minimum atomic E-state index is 0.137. The van der Waals surface area contributed by atoms with Crippen molar-refractivity contribution in [3.8, 4) is 0 Å². The zero-order valence-corrected chi connectivity index (χ0v) is 9.71. The van der Waals surface area contributed by atoms with Crippen molar-refractivity contribution >= 4 is 51.1 Å². The van der Waals surface area contributed by atoms with Crippen LogP contribution in [0.5, 0.6) is 0 Å². The van der Waals surface area contributed by atoms with E-state index in [9.17, 15) is 4.79 Å². The summed E-state index contributed by atoms with van der Waals surface area (Å²) in [5.74, 6) is 0.199. The first-order valence-electron chi connectivity index (χ1n) is 2.50. The molecule has 0 radical (unpaired) electrons. The number of amides is 1. The van der Waals surface area contributed by atoms with Gasteiger partial charge in [-0.2, -0.15) is 0 Å². The van der Waals surface area contributed by atoms with Gasteiger partial charge in [-0.05, 0) is 0 Å². The molecule has 0 aliphatic carbocycles. The molecular weight excluding hydrogens is 344 g/mol. The Balaban J connectivity index is 3.73. The highest BCUT2D eigenvalue weighted by atomic mass is 127. The van der Waals surface area contributed by atoms with E-state index in [1.807, 2.05) is 0 Å². The van der Waals surface area contributed by atoms with E-state index in [1.54, 1.807) is 19.0 Å². The Morgan fingerprint density at radius 1 is 1.67 bits per heavy atom. The van der Waals surface area contributed by atoms with Crippen LogP contribution in [0.4, 0.5) is 0 Å². The van der Waals surface area contributed by atoms with Crippen molar-refractivity contribution in [3.05, 3.63) is 0 Å². The fourth-order valence-electron chi connectivity index (χ4n) is 0.346. The van der Waals surface area contributed by atoms with Gasteiger partial charge in [0.2, 0.25) is 5.91 Å². The predicted molar refractivity (Wildman–Crippen MR) is 55.4 cm³/mol. The van der Waals surface area contributed by atoms with Crippen LogP contribution in [0, 0.1) is 0 Å². The molecular formula is C5H9I2NO. The van der Waals surface area contributed by atoms with Crippen LogP contribution >= 0.6 is 45.2 Å². The minimum Gasteiger partial charge on any atom is -0.348 e. The summed E-state index contributed by atoms with van der Waals surface area (Å²) in [6.07, 6.45) is 0. The Bertz CT molecular complexity index is 105. The third kappa shape index (κ3) is 3.59. The van der Waals surface area contributed by atoms with Gasteiger partial charge in [0.15, 0.2) is 0 Å². The van der Waals surface area contributed by atoms with Gasteiger partial charge in [0.25, 0.3) is 0 Å². The van der Waals surface area contributed by atoms with Crippen molar-refractivity contribution in [1.29, 1.82) is 0 Å². The Kier molecular flexibility index (Phi) is 5.19. The number of nitrogens with zero attached hydrogens (tertiary/aromatic N) is 1. The van der Waals surface area contributed by atoms with Gasteiger partial charge >= 0.3 is 0 Å². The molecule has 0 aromatic rings. The van der Waals surface area contributed by atoms with Crippen LogP contribution in [0.25, 0.3) is 0 Å². The van der Waals surface area contributed by atoms with E-state index in [2.05, 4.69) is 45.2 Å². The smallest absolute Gasteiger partial charge is 0.235 e. The van der Waals surface area contributed by atoms with Gasteiger partial charge < -0.3 is 4.90 Å². The lowest BCUT2D eigenvalue weighted by atomic mass is 10.4. The molecule has 0 heterocycles. The van der Waals surface area contributed by atoms with Crippen molar-refractivity contribution in [2.75, 3.05) is 18.5 Å². The lowest BCUT2D eigenvalue weighted by molar-refractivity contribution is -0.127. The maximum Gasteiger partial charge on any atom is 0.235 e. The molecule has 0 aromatic heterocycles. The molecule has 0 saturated carbocycles. The van der Waals surface area contributed by atoms with E-state index in [4.69, 9.17) is 0 Å². The van der Waals surface area contributed by atoms with E-state index in [-0.39, 0.29) is 9.83 Å². The fourth-order valence-corrected chi connectivity index (χ4v) is 1.28. The number of alkyl halides is 2. The van der Waals surface area contributed by atoms with Crippen LogP contribution in [0.1, 0.15) is 0 Å². The second kappa shape index (κ2) is 4.70. The molecule has 9 heavy (non-hydrogen) atoms. The lowest BCUT2D eigenvalue weighted by Crippen LogP contribution is -2.30. The number of carbonyl (C=O) groups excluding carboxylic acids is 1. The molecule has 54 valence electrons. The maximum absolute atomic E-state index is 11.0. The van der Waals surface area contributed by atoms with Gasteiger partial charge in [-0.1, -0.05) is 45.2 Å². The molecule has 2 nitrogen and oxygen atoms in total. The Morgan fingerprint density at radius 3 is 2.22 bits per heavy atom. The van der Waals surface area contributed by atoms with Crippen LogP contribution in [0.3, 0.4) is 0 Å². The molecule has 0 aromatic carbocycles. The first-order valence-corrected chi connectivity index (χ1v) is 5.28. The molecule has 0 fully saturated rings. The van der Waals surface area contributed by atoms with Crippen LogP contribution < -0.4 is 0 Å². The standard InChI is InChI=1S/C5H9I2NO/c1-8(2)5(9)4(7)3-6/h4H,3H2,1-2H3. The SMILES string of the molecule is CN(C)C(=O)C(I)CI. The lowest BCUT2D eigenvalue weighted by Gasteiger charge is -2.12. The fraction of sp³-hybridized carbons (Fsp3) is 0.800. The highest BCUT2D eigenvalue weighted by Crippen LogP contribution is 2.06. The number of halogens is 2. The first kappa shape index (κ1) is 9.93. The summed E-state index contributed by atoms with van der Waals surface area (Å²) in [7, 11) is 3.56. The average molecular weight is 353 g/mol. The van der Waals surface area contributed by atoms with Crippen molar-refractivity contribution < 1.29 is 4.79 Å². The summed E-state index contributed by atoms with van der Waals surface area (Å²) in [6.45, 7) is 0. The van der Waals surface area contributed by atoms with Gasteiger partial charge in [-0.25, -0.2) is 0 Å². The van der Waals surface area contributed by atoms with Crippen molar-refractivity contribution in [3.63, 3.8) is 0 Å². The second-order valence-corrected chi connectivity index (χ2v) is 4.24. The van der Waals surface area contributed by atoms with Crippen LogP contribution in [0.15, 0.2) is 0 Å². The van der Waals surface area contributed by atoms with Crippen molar-refractivity contribution in [2.24, 2.45) is 0 Å². The molecule has 0 spiro atoms. The third-order valence-electron chi connectivity index (χ3n) is 0.844. The molecule has 1 unspecified atom stereocenters. The normalized spacial score (nSPS) is 12.9. The summed E-state index contributed by atoms with van der Waals surface area (Å²) in [5, 5.41) is 0. The molecule has 0 aliphatic rings. The zero-order valence-electron chi connectivity index (χ0n) is 5.40. The van der Waals surface area contributed by atoms with Crippen molar-refractivity contribution in [2.45, 2.75) is 3.92 Å². The van der Waals surface area contributed by atoms with Gasteiger partial charge in [-0.3, -0.25) is 4.79 Å². The highest BCUT2D eigenvalue weighted by Gasteiger charge is 2.13. The van der Waals surface area contributed by atoms with E-state index < -0.39 is 0 Å². The Labute approximate surface area is 82.6 Å². The molecule has 1 amide bonds. The Morgan fingerprint density at radius 2 is 2.11 bits per heavy atom. The molecule has 0 aliphatic heterocycles. The van der Waals surface area contributed by atoms with Gasteiger partial charge in [0.05, 0.1) is 3.92 Å². The van der Waals surface area contributed by atoms with Gasteiger partial charge in [0.1, 0.15) is 0 Å². The van der Waals surface area contributed by atoms with E-state index in [0.717, 1.165) is 4.43 Å². The molecule has 4 heteroatoms. The van der Waals surface area contributed by atoms with Crippen LogP contribution in [-0.4, -0.2) is 33.3 Å². The van der Waals surface area contributed by atoms with Crippen LogP contribution in [-0.2, 0) is 4.79 Å². The molecule has 0 bridgehead atoms. The summed E-state index contributed by atoms with van der Waals surface area (Å²) < 4.78 is 1.02. The number of hydrogen-bond donors (Lipinski definition) is 0. The van der Waals surface area contributed by atoms with E-state index in [1.165, 1.54) is 0 Å².